The molecule has 1 aromatic heterocycles. The van der Waals surface area contributed by atoms with Crippen LogP contribution in [-0.4, -0.2) is 37.3 Å². The topological polar surface area (TPSA) is 103 Å². The number of fused-ring (bicyclic) bond motifs is 3. The van der Waals surface area contributed by atoms with Crippen LogP contribution in [0.25, 0.3) is 21.6 Å². The number of anilines is 1. The Morgan fingerprint density at radius 2 is 1.65 bits per heavy atom. The van der Waals surface area contributed by atoms with E-state index in [1.165, 1.54) is 11.3 Å². The number of carbonyl (C=O) groups excluding carboxylic acids is 3. The molecule has 2 amide bonds. The van der Waals surface area contributed by atoms with Gasteiger partial charge in [-0.15, -0.1) is 11.3 Å². The van der Waals surface area contributed by atoms with Gasteiger partial charge in [-0.3, -0.25) is 4.79 Å². The van der Waals surface area contributed by atoms with Crippen molar-refractivity contribution in [3.05, 3.63) is 93.9 Å². The highest BCUT2D eigenvalue weighted by Crippen LogP contribution is 2.44. The first-order chi connectivity index (χ1) is 21.7. The van der Waals surface area contributed by atoms with Crippen molar-refractivity contribution >= 4 is 35.0 Å². The number of hydrogen-bond acceptors (Lipinski definition) is 7. The summed E-state index contributed by atoms with van der Waals surface area (Å²) in [6, 6.07) is 14.7. The maximum atomic E-state index is 13.9. The van der Waals surface area contributed by atoms with Gasteiger partial charge in [0.05, 0.1) is 24.8 Å². The molecular formula is C34H31F3N2O6S. The highest BCUT2D eigenvalue weighted by molar-refractivity contribution is 7.13. The minimum absolute atomic E-state index is 0.0793. The lowest BCUT2D eigenvalue weighted by atomic mass is 9.91. The Morgan fingerprint density at radius 3 is 2.33 bits per heavy atom. The van der Waals surface area contributed by atoms with Gasteiger partial charge in [0.2, 0.25) is 0 Å². The quantitative estimate of drug-likeness (QED) is 0.204. The number of carbonyl (C=O) groups is 3. The molecule has 1 aliphatic heterocycles. The first kappa shape index (κ1) is 32.6. The number of halogens is 3. The second kappa shape index (κ2) is 12.9. The average molecular weight is 653 g/mol. The molecule has 46 heavy (non-hydrogen) atoms. The summed E-state index contributed by atoms with van der Waals surface area (Å²) in [6.07, 6.45) is -4.64. The zero-order valence-electron chi connectivity index (χ0n) is 25.5. The van der Waals surface area contributed by atoms with Crippen molar-refractivity contribution in [2.24, 2.45) is 0 Å². The van der Waals surface area contributed by atoms with Gasteiger partial charge in [-0.1, -0.05) is 18.2 Å². The third-order valence-corrected chi connectivity index (χ3v) is 8.06. The smallest absolute Gasteiger partial charge is 0.416 e. The van der Waals surface area contributed by atoms with Crippen LogP contribution in [0.2, 0.25) is 0 Å². The zero-order chi connectivity index (χ0) is 33.2. The van der Waals surface area contributed by atoms with Crippen molar-refractivity contribution in [2.75, 3.05) is 19.0 Å². The number of alkyl halides is 3. The van der Waals surface area contributed by atoms with Crippen LogP contribution in [-0.2, 0) is 28.6 Å². The van der Waals surface area contributed by atoms with E-state index in [0.29, 0.717) is 30.0 Å². The lowest BCUT2D eigenvalue weighted by Gasteiger charge is -2.19. The molecule has 3 aromatic carbocycles. The summed E-state index contributed by atoms with van der Waals surface area (Å²) in [6.45, 7) is 5.85. The molecule has 2 heterocycles. The molecule has 0 radical (unpaired) electrons. The molecule has 0 aliphatic carbocycles. The molecule has 4 aromatic rings. The van der Waals surface area contributed by atoms with E-state index in [1.54, 1.807) is 57.2 Å². The molecule has 0 saturated heterocycles. The van der Waals surface area contributed by atoms with E-state index in [0.717, 1.165) is 41.3 Å². The summed E-state index contributed by atoms with van der Waals surface area (Å²) in [5, 5.41) is 7.46. The molecular weight excluding hydrogens is 621 g/mol. The van der Waals surface area contributed by atoms with Crippen LogP contribution in [0, 0.1) is 0 Å². The summed E-state index contributed by atoms with van der Waals surface area (Å²) in [5.74, 6) is -1.11. The third kappa shape index (κ3) is 7.34. The Kier molecular flexibility index (Phi) is 9.11. The van der Waals surface area contributed by atoms with Gasteiger partial charge < -0.3 is 24.8 Å². The van der Waals surface area contributed by atoms with Crippen LogP contribution in [0.15, 0.2) is 66.0 Å². The van der Waals surface area contributed by atoms with E-state index in [2.05, 4.69) is 10.6 Å². The number of methoxy groups -OCH3 is 1. The molecule has 1 aliphatic rings. The number of hydrogen-bond donors (Lipinski definition) is 2. The minimum Gasteiger partial charge on any atom is -0.493 e. The van der Waals surface area contributed by atoms with E-state index in [9.17, 15) is 27.6 Å². The van der Waals surface area contributed by atoms with E-state index in [1.807, 2.05) is 11.4 Å². The highest BCUT2D eigenvalue weighted by atomic mass is 32.1. The second-order valence-corrected chi connectivity index (χ2v) is 12.4. The fraction of sp³-hybridized carbons (Fsp3) is 0.265. The van der Waals surface area contributed by atoms with Gasteiger partial charge in [0.15, 0.2) is 0 Å². The number of ether oxygens (including phenoxy) is 3. The van der Waals surface area contributed by atoms with E-state index < -0.39 is 35.3 Å². The number of rotatable bonds is 6. The van der Waals surface area contributed by atoms with Crippen LogP contribution < -0.4 is 15.4 Å². The summed E-state index contributed by atoms with van der Waals surface area (Å²) in [5.41, 5.74) is 1.27. The summed E-state index contributed by atoms with van der Waals surface area (Å²) >= 11 is 1.49. The van der Waals surface area contributed by atoms with Crippen molar-refractivity contribution in [1.29, 1.82) is 0 Å². The van der Waals surface area contributed by atoms with Crippen molar-refractivity contribution < 1.29 is 41.8 Å². The minimum atomic E-state index is -4.71. The van der Waals surface area contributed by atoms with Gasteiger partial charge in [0.25, 0.3) is 5.91 Å². The molecule has 0 bridgehead atoms. The van der Waals surface area contributed by atoms with Crippen LogP contribution in [0.5, 0.6) is 5.75 Å². The lowest BCUT2D eigenvalue weighted by Crippen LogP contribution is -2.32. The van der Waals surface area contributed by atoms with E-state index >= 15 is 0 Å². The second-order valence-electron chi connectivity index (χ2n) is 11.5. The first-order valence-electron chi connectivity index (χ1n) is 14.3. The molecule has 0 fully saturated rings. The van der Waals surface area contributed by atoms with Crippen LogP contribution in [0.4, 0.5) is 23.7 Å². The largest absolute Gasteiger partial charge is 0.493 e. The van der Waals surface area contributed by atoms with Crippen molar-refractivity contribution in [3.8, 4) is 27.3 Å². The summed E-state index contributed by atoms with van der Waals surface area (Å²) in [4.78, 5) is 39.6. The number of alkyl carbamates (subject to hydrolysis) is 1. The Bertz CT molecular complexity index is 1790. The van der Waals surface area contributed by atoms with Gasteiger partial charge in [-0.2, -0.15) is 13.2 Å². The van der Waals surface area contributed by atoms with Gasteiger partial charge >= 0.3 is 18.2 Å². The average Bonchev–Trinajstić information content (AvgIpc) is 3.39. The number of amides is 2. The van der Waals surface area contributed by atoms with E-state index in [4.69, 9.17) is 14.2 Å². The standard InChI is InChI=1S/C34H31F3N2O6S/c1-33(2,3)45-32(42)38-18-19-5-8-22(9-6-19)39-30(40)25-16-27-28(44-13-11-20-12-14-46-29(20)27)17-24(25)23-10-7-21(34(35,36)37)15-26(23)31(41)43-4/h5-10,12,14-17H,11,13,18H2,1-4H3,(H,38,42)(H,39,40). The Morgan fingerprint density at radius 1 is 0.913 bits per heavy atom. The van der Waals surface area contributed by atoms with Crippen LogP contribution >= 0.6 is 11.3 Å². The summed E-state index contributed by atoms with van der Waals surface area (Å²) in [7, 11) is 1.07. The van der Waals surface area contributed by atoms with Gasteiger partial charge in [-0.05, 0) is 90.9 Å². The summed E-state index contributed by atoms with van der Waals surface area (Å²) < 4.78 is 57.0. The monoisotopic (exact) mass is 652 g/mol. The first-order valence-corrected chi connectivity index (χ1v) is 15.2. The third-order valence-electron chi connectivity index (χ3n) is 7.07. The van der Waals surface area contributed by atoms with Crippen LogP contribution in [0.3, 0.4) is 0 Å². The van der Waals surface area contributed by atoms with Crippen molar-refractivity contribution in [2.45, 2.75) is 45.5 Å². The maximum Gasteiger partial charge on any atom is 0.416 e. The molecule has 2 N–H and O–H groups in total. The lowest BCUT2D eigenvalue weighted by molar-refractivity contribution is -0.137. The molecule has 0 spiro atoms. The Balaban J connectivity index is 1.52. The van der Waals surface area contributed by atoms with Gasteiger partial charge in [-0.25, -0.2) is 9.59 Å². The Hall–Kier alpha value is -4.84. The van der Waals surface area contributed by atoms with Gasteiger partial charge in [0.1, 0.15) is 11.4 Å². The number of esters is 1. The molecule has 8 nitrogen and oxygen atoms in total. The highest BCUT2D eigenvalue weighted by Gasteiger charge is 2.33. The van der Waals surface area contributed by atoms with Crippen molar-refractivity contribution in [3.63, 3.8) is 0 Å². The van der Waals surface area contributed by atoms with Crippen LogP contribution in [0.1, 0.15) is 58.2 Å². The number of benzene rings is 3. The van der Waals surface area contributed by atoms with E-state index in [-0.39, 0.29) is 28.8 Å². The number of thiophene rings is 1. The fourth-order valence-corrected chi connectivity index (χ4v) is 5.93. The molecule has 0 atom stereocenters. The molecule has 0 unspecified atom stereocenters. The molecule has 12 heteroatoms. The van der Waals surface area contributed by atoms with Crippen molar-refractivity contribution in [1.82, 2.24) is 5.32 Å². The fourth-order valence-electron chi connectivity index (χ4n) is 4.95. The maximum absolute atomic E-state index is 13.9. The molecule has 240 valence electrons. The normalized spacial score (nSPS) is 12.6. The van der Waals surface area contributed by atoms with Gasteiger partial charge in [0, 0.05) is 34.7 Å². The predicted octanol–water partition coefficient (Wildman–Crippen LogP) is 8.10. The zero-order valence-corrected chi connectivity index (χ0v) is 26.3. The predicted molar refractivity (Wildman–Crippen MR) is 168 cm³/mol. The molecule has 5 rings (SSSR count). The SMILES string of the molecule is COC(=O)c1cc(C(F)(F)F)ccc1-c1cc2c(cc1C(=O)Nc1ccc(CNC(=O)OC(C)(C)C)cc1)-c1sccc1CCO2. The Labute approximate surface area is 267 Å². The number of nitrogens with one attached hydrogen (secondary N) is 2. The molecule has 0 saturated carbocycles.